The van der Waals surface area contributed by atoms with E-state index in [-0.39, 0.29) is 24.0 Å². The van der Waals surface area contributed by atoms with Crippen LogP contribution in [0.15, 0.2) is 29.3 Å². The normalized spacial score (nSPS) is 19.4. The third kappa shape index (κ3) is 4.38. The van der Waals surface area contributed by atoms with Crippen molar-refractivity contribution in [3.8, 4) is 0 Å². The van der Waals surface area contributed by atoms with Crippen LogP contribution in [0.25, 0.3) is 0 Å². The van der Waals surface area contributed by atoms with Gasteiger partial charge in [-0.15, -0.1) is 24.0 Å². The molecule has 1 aromatic carbocycles. The topological polar surface area (TPSA) is 36.9 Å². The first-order valence-electron chi connectivity index (χ1n) is 8.27. The maximum Gasteiger partial charge on any atom is 0.193 e. The van der Waals surface area contributed by atoms with Crippen molar-refractivity contribution in [1.82, 2.24) is 10.2 Å². The van der Waals surface area contributed by atoms with E-state index in [2.05, 4.69) is 39.5 Å². The number of guanidine groups is 1. The number of nitrogens with one attached hydrogen (secondary N) is 1. The first-order chi connectivity index (χ1) is 10.7. The zero-order valence-electron chi connectivity index (χ0n) is 14.2. The smallest absolute Gasteiger partial charge is 0.193 e. The highest BCUT2D eigenvalue weighted by atomic mass is 127. The number of rotatable bonds is 4. The molecule has 1 N–H and O–H groups in total. The fraction of sp³-hybridized carbons (Fsp3) is 0.611. The summed E-state index contributed by atoms with van der Waals surface area (Å²) in [6.07, 6.45) is 5.54. The van der Waals surface area contributed by atoms with E-state index in [0.29, 0.717) is 12.0 Å². The molecule has 23 heavy (non-hydrogen) atoms. The summed E-state index contributed by atoms with van der Waals surface area (Å²) in [5.41, 5.74) is 3.09. The van der Waals surface area contributed by atoms with Gasteiger partial charge in [-0.05, 0) is 35.8 Å². The lowest BCUT2D eigenvalue weighted by Gasteiger charge is -2.38. The average molecular weight is 429 g/mol. The van der Waals surface area contributed by atoms with Crippen LogP contribution in [0.2, 0.25) is 0 Å². The van der Waals surface area contributed by atoms with Crippen molar-refractivity contribution < 1.29 is 4.74 Å². The number of hydrogen-bond acceptors (Lipinski definition) is 2. The molecule has 1 heterocycles. The van der Waals surface area contributed by atoms with Gasteiger partial charge in [-0.25, -0.2) is 0 Å². The molecule has 0 aromatic heterocycles. The Balaban J connectivity index is 0.00000192. The minimum Gasteiger partial charge on any atom is -0.380 e. The molecule has 1 saturated carbocycles. The van der Waals surface area contributed by atoms with Crippen LogP contribution in [-0.2, 0) is 17.9 Å². The lowest BCUT2D eigenvalue weighted by atomic mass is 9.68. The van der Waals surface area contributed by atoms with Gasteiger partial charge in [0.2, 0.25) is 0 Å². The third-order valence-corrected chi connectivity index (χ3v) is 5.12. The van der Waals surface area contributed by atoms with Crippen LogP contribution in [0.4, 0.5) is 0 Å². The summed E-state index contributed by atoms with van der Waals surface area (Å²) in [4.78, 5) is 6.90. The van der Waals surface area contributed by atoms with Crippen molar-refractivity contribution in [2.45, 2.75) is 38.8 Å². The van der Waals surface area contributed by atoms with Gasteiger partial charge in [0, 0.05) is 33.8 Å². The Kier molecular flexibility index (Phi) is 6.71. The Morgan fingerprint density at radius 2 is 2.09 bits per heavy atom. The molecule has 1 spiro atoms. The molecule has 0 atom stereocenters. The van der Waals surface area contributed by atoms with Gasteiger partial charge in [-0.3, -0.25) is 4.99 Å². The molecular formula is C18H28IN3O. The summed E-state index contributed by atoms with van der Waals surface area (Å²) < 4.78 is 5.20. The minimum atomic E-state index is 0. The molecule has 1 saturated heterocycles. The molecule has 2 fully saturated rings. The van der Waals surface area contributed by atoms with Gasteiger partial charge >= 0.3 is 0 Å². The zero-order valence-corrected chi connectivity index (χ0v) is 16.5. The van der Waals surface area contributed by atoms with Crippen LogP contribution in [0.5, 0.6) is 0 Å². The Morgan fingerprint density at radius 3 is 2.70 bits per heavy atom. The van der Waals surface area contributed by atoms with Gasteiger partial charge in [0.05, 0.1) is 6.61 Å². The summed E-state index contributed by atoms with van der Waals surface area (Å²) in [6, 6.07) is 8.54. The Morgan fingerprint density at radius 1 is 1.30 bits per heavy atom. The van der Waals surface area contributed by atoms with Crippen molar-refractivity contribution >= 4 is 29.9 Å². The molecular weight excluding hydrogens is 401 g/mol. The lowest BCUT2D eigenvalue weighted by molar-refractivity contribution is 0.151. The molecule has 0 radical (unpaired) electrons. The van der Waals surface area contributed by atoms with Crippen LogP contribution in [0.3, 0.4) is 0 Å². The molecule has 0 unspecified atom stereocenters. The number of methoxy groups -OCH3 is 1. The molecule has 4 nitrogen and oxygen atoms in total. The number of ether oxygens (including phenoxy) is 1. The molecule has 3 rings (SSSR count). The van der Waals surface area contributed by atoms with Gasteiger partial charge in [-0.2, -0.15) is 0 Å². The predicted molar refractivity (Wildman–Crippen MR) is 105 cm³/mol. The third-order valence-electron chi connectivity index (χ3n) is 5.12. The van der Waals surface area contributed by atoms with Crippen LogP contribution < -0.4 is 5.32 Å². The Hall–Kier alpha value is -0.820. The summed E-state index contributed by atoms with van der Waals surface area (Å²) >= 11 is 0. The number of halogens is 1. The summed E-state index contributed by atoms with van der Waals surface area (Å²) in [5, 5.41) is 3.52. The molecule has 128 valence electrons. The summed E-state index contributed by atoms with van der Waals surface area (Å²) in [6.45, 7) is 3.80. The quantitative estimate of drug-likeness (QED) is 0.453. The second-order valence-corrected chi connectivity index (χ2v) is 6.68. The fourth-order valence-electron chi connectivity index (χ4n) is 3.71. The number of hydrogen-bond donors (Lipinski definition) is 1. The average Bonchev–Trinajstić information content (AvgIpc) is 2.94. The zero-order chi connectivity index (χ0) is 15.4. The number of aliphatic imine (C=N–C) groups is 1. The minimum absolute atomic E-state index is 0. The Bertz CT molecular complexity index is 543. The number of benzene rings is 1. The monoisotopic (exact) mass is 429 g/mol. The van der Waals surface area contributed by atoms with Crippen LogP contribution in [0, 0.1) is 5.41 Å². The molecule has 0 bridgehead atoms. The van der Waals surface area contributed by atoms with Gasteiger partial charge < -0.3 is 15.0 Å². The highest BCUT2D eigenvalue weighted by Gasteiger charge is 2.43. The van der Waals surface area contributed by atoms with Crippen LogP contribution in [0.1, 0.15) is 36.8 Å². The van der Waals surface area contributed by atoms with Crippen LogP contribution in [-0.4, -0.2) is 38.1 Å². The van der Waals surface area contributed by atoms with E-state index in [4.69, 9.17) is 4.74 Å². The number of likely N-dealkylation sites (tertiary alicyclic amines) is 1. The molecule has 2 aliphatic rings. The maximum atomic E-state index is 5.20. The SMILES string of the molecule is CN=C(NCc1cccc(COC)c1)N1CCC2(CCC2)C1.I. The molecule has 5 heteroatoms. The van der Waals surface area contributed by atoms with Crippen molar-refractivity contribution in [1.29, 1.82) is 0 Å². The second-order valence-electron chi connectivity index (χ2n) is 6.68. The van der Waals surface area contributed by atoms with E-state index in [9.17, 15) is 0 Å². The highest BCUT2D eigenvalue weighted by molar-refractivity contribution is 14.0. The first kappa shape index (κ1) is 18.5. The van der Waals surface area contributed by atoms with E-state index in [1.807, 2.05) is 7.05 Å². The highest BCUT2D eigenvalue weighted by Crippen LogP contribution is 2.47. The molecule has 1 aliphatic carbocycles. The lowest BCUT2D eigenvalue weighted by Crippen LogP contribution is -2.42. The van der Waals surface area contributed by atoms with Gasteiger partial charge in [-0.1, -0.05) is 30.7 Å². The second kappa shape index (κ2) is 8.33. The maximum absolute atomic E-state index is 5.20. The van der Waals surface area contributed by atoms with Crippen molar-refractivity contribution in [3.63, 3.8) is 0 Å². The Labute approximate surface area is 156 Å². The van der Waals surface area contributed by atoms with E-state index in [1.165, 1.54) is 43.4 Å². The summed E-state index contributed by atoms with van der Waals surface area (Å²) in [7, 11) is 3.62. The summed E-state index contributed by atoms with van der Waals surface area (Å²) in [5.74, 6) is 1.04. The molecule has 0 amide bonds. The van der Waals surface area contributed by atoms with Crippen molar-refractivity contribution in [2.75, 3.05) is 27.2 Å². The van der Waals surface area contributed by atoms with E-state index >= 15 is 0 Å². The van der Waals surface area contributed by atoms with Gasteiger partial charge in [0.1, 0.15) is 0 Å². The van der Waals surface area contributed by atoms with E-state index in [1.54, 1.807) is 7.11 Å². The predicted octanol–water partition coefficient (Wildman–Crippen LogP) is 3.40. The van der Waals surface area contributed by atoms with Crippen molar-refractivity contribution in [3.05, 3.63) is 35.4 Å². The number of nitrogens with zero attached hydrogens (tertiary/aromatic N) is 2. The first-order valence-corrected chi connectivity index (χ1v) is 8.27. The van der Waals surface area contributed by atoms with Crippen molar-refractivity contribution in [2.24, 2.45) is 10.4 Å². The molecule has 1 aliphatic heterocycles. The standard InChI is InChI=1S/C18H27N3O.HI/c1-19-17(21-10-9-18(14-21)7-4-8-18)20-12-15-5-3-6-16(11-15)13-22-2;/h3,5-6,11H,4,7-10,12-14H2,1-2H3,(H,19,20);1H. The van der Waals surface area contributed by atoms with E-state index < -0.39 is 0 Å². The van der Waals surface area contributed by atoms with Crippen LogP contribution >= 0.6 is 24.0 Å². The largest absolute Gasteiger partial charge is 0.380 e. The fourth-order valence-corrected chi connectivity index (χ4v) is 3.71. The molecule has 1 aromatic rings. The van der Waals surface area contributed by atoms with Gasteiger partial charge in [0.25, 0.3) is 0 Å². The van der Waals surface area contributed by atoms with Gasteiger partial charge in [0.15, 0.2) is 5.96 Å². The van der Waals surface area contributed by atoms with E-state index in [0.717, 1.165) is 19.0 Å².